The van der Waals surface area contributed by atoms with Crippen molar-refractivity contribution in [1.82, 2.24) is 0 Å². The Labute approximate surface area is 90.2 Å². The zero-order chi connectivity index (χ0) is 11.3. The Kier molecular flexibility index (Phi) is 3.71. The Morgan fingerprint density at radius 2 is 1.80 bits per heavy atom. The Morgan fingerprint density at radius 1 is 1.20 bits per heavy atom. The van der Waals surface area contributed by atoms with Gasteiger partial charge >= 0.3 is 0 Å². The summed E-state index contributed by atoms with van der Waals surface area (Å²) in [5, 5.41) is 17.4. The summed E-state index contributed by atoms with van der Waals surface area (Å²) >= 11 is 0. The van der Waals surface area contributed by atoms with E-state index in [9.17, 15) is 0 Å². The molecule has 1 rings (SSSR count). The molecule has 0 saturated carbocycles. The van der Waals surface area contributed by atoms with Crippen molar-refractivity contribution in [2.45, 2.75) is 12.3 Å². The van der Waals surface area contributed by atoms with Gasteiger partial charge in [0.15, 0.2) is 0 Å². The first-order valence-corrected chi connectivity index (χ1v) is 4.73. The van der Waals surface area contributed by atoms with Gasteiger partial charge in [0, 0.05) is 19.8 Å². The number of hydrogen-bond acceptors (Lipinski definition) is 3. The Hall–Kier alpha value is -2.00. The summed E-state index contributed by atoms with van der Waals surface area (Å²) < 4.78 is 0. The fraction of sp³-hybridized carbons (Fsp3) is 0.333. The minimum Gasteiger partial charge on any atom is -0.378 e. The van der Waals surface area contributed by atoms with Crippen molar-refractivity contribution in [2.24, 2.45) is 0 Å². The summed E-state index contributed by atoms with van der Waals surface area (Å²) in [6, 6.07) is 11.9. The average molecular weight is 199 g/mol. The number of hydrogen-bond donors (Lipinski definition) is 0. The lowest BCUT2D eigenvalue weighted by Crippen LogP contribution is -2.08. The number of rotatable bonds is 3. The standard InChI is InChI=1S/C12H13N3/c1-15(2)12-5-3-10(4-6-12)11(9-14)7-8-13/h3-6,11H,7H2,1-2H3. The molecule has 3 nitrogen and oxygen atoms in total. The summed E-state index contributed by atoms with van der Waals surface area (Å²) in [5.41, 5.74) is 2.00. The van der Waals surface area contributed by atoms with Gasteiger partial charge in [-0.25, -0.2) is 0 Å². The van der Waals surface area contributed by atoms with E-state index >= 15 is 0 Å². The fourth-order valence-corrected chi connectivity index (χ4v) is 1.33. The van der Waals surface area contributed by atoms with Crippen LogP contribution in [0.1, 0.15) is 17.9 Å². The van der Waals surface area contributed by atoms with Crippen molar-refractivity contribution in [1.29, 1.82) is 10.5 Å². The fourth-order valence-electron chi connectivity index (χ4n) is 1.33. The Morgan fingerprint density at radius 3 is 2.20 bits per heavy atom. The van der Waals surface area contributed by atoms with Gasteiger partial charge < -0.3 is 4.90 Å². The van der Waals surface area contributed by atoms with Crippen LogP contribution < -0.4 is 4.90 Å². The lowest BCUT2D eigenvalue weighted by molar-refractivity contribution is 0.886. The highest BCUT2D eigenvalue weighted by Gasteiger charge is 2.09. The summed E-state index contributed by atoms with van der Waals surface area (Å²) in [6.07, 6.45) is 0.248. The molecular formula is C12H13N3. The van der Waals surface area contributed by atoms with Crippen LogP contribution in [0.3, 0.4) is 0 Å². The second-order valence-corrected chi connectivity index (χ2v) is 3.53. The predicted octanol–water partition coefficient (Wildman–Crippen LogP) is 2.27. The molecule has 1 unspecified atom stereocenters. The van der Waals surface area contributed by atoms with Gasteiger partial charge in [-0.15, -0.1) is 0 Å². The van der Waals surface area contributed by atoms with E-state index in [1.807, 2.05) is 49.3 Å². The first-order valence-electron chi connectivity index (χ1n) is 4.73. The van der Waals surface area contributed by atoms with Crippen molar-refractivity contribution in [3.05, 3.63) is 29.8 Å². The van der Waals surface area contributed by atoms with E-state index in [-0.39, 0.29) is 12.3 Å². The van der Waals surface area contributed by atoms with Crippen LogP contribution in [0.2, 0.25) is 0 Å². The van der Waals surface area contributed by atoms with Crippen LogP contribution in [-0.2, 0) is 0 Å². The van der Waals surface area contributed by atoms with Crippen molar-refractivity contribution in [3.8, 4) is 12.1 Å². The van der Waals surface area contributed by atoms with Crippen molar-refractivity contribution >= 4 is 5.69 Å². The highest BCUT2D eigenvalue weighted by molar-refractivity contribution is 5.47. The highest BCUT2D eigenvalue weighted by atomic mass is 15.1. The third kappa shape index (κ3) is 2.72. The maximum absolute atomic E-state index is 8.88. The molecule has 0 heterocycles. The Bertz CT molecular complexity index is 392. The molecule has 0 aliphatic heterocycles. The first-order chi connectivity index (χ1) is 7.19. The second-order valence-electron chi connectivity index (χ2n) is 3.53. The van der Waals surface area contributed by atoms with Crippen LogP contribution in [0.4, 0.5) is 5.69 Å². The van der Waals surface area contributed by atoms with Gasteiger partial charge in [0.1, 0.15) is 0 Å². The molecule has 0 fully saturated rings. The molecule has 1 atom stereocenters. The third-order valence-corrected chi connectivity index (χ3v) is 2.26. The zero-order valence-corrected chi connectivity index (χ0v) is 8.94. The van der Waals surface area contributed by atoms with Crippen molar-refractivity contribution < 1.29 is 0 Å². The Balaban J connectivity index is 2.89. The minimum atomic E-state index is -0.314. The van der Waals surface area contributed by atoms with E-state index in [4.69, 9.17) is 10.5 Å². The molecule has 1 aromatic carbocycles. The monoisotopic (exact) mass is 199 g/mol. The topological polar surface area (TPSA) is 50.8 Å². The summed E-state index contributed by atoms with van der Waals surface area (Å²) in [6.45, 7) is 0. The largest absolute Gasteiger partial charge is 0.378 e. The number of nitrogens with zero attached hydrogens (tertiary/aromatic N) is 3. The molecule has 0 N–H and O–H groups in total. The van der Waals surface area contributed by atoms with E-state index < -0.39 is 0 Å². The van der Waals surface area contributed by atoms with Gasteiger partial charge in [-0.05, 0) is 17.7 Å². The van der Waals surface area contributed by atoms with Gasteiger partial charge in [-0.2, -0.15) is 10.5 Å². The molecule has 0 aromatic heterocycles. The molecule has 0 aliphatic carbocycles. The van der Waals surface area contributed by atoms with E-state index in [0.29, 0.717) is 0 Å². The van der Waals surface area contributed by atoms with Crippen LogP contribution in [0.15, 0.2) is 24.3 Å². The quantitative estimate of drug-likeness (QED) is 0.750. The highest BCUT2D eigenvalue weighted by Crippen LogP contribution is 2.21. The summed E-state index contributed by atoms with van der Waals surface area (Å²) in [4.78, 5) is 2.00. The van der Waals surface area contributed by atoms with E-state index in [1.54, 1.807) is 0 Å². The van der Waals surface area contributed by atoms with Gasteiger partial charge in [-0.1, -0.05) is 12.1 Å². The number of benzene rings is 1. The van der Waals surface area contributed by atoms with Gasteiger partial charge in [0.25, 0.3) is 0 Å². The van der Waals surface area contributed by atoms with E-state index in [0.717, 1.165) is 11.3 Å². The second kappa shape index (κ2) is 5.02. The number of nitriles is 2. The van der Waals surface area contributed by atoms with Gasteiger partial charge in [0.05, 0.1) is 24.5 Å². The minimum absolute atomic E-state index is 0.248. The van der Waals surface area contributed by atoms with Crippen molar-refractivity contribution in [2.75, 3.05) is 19.0 Å². The summed E-state index contributed by atoms with van der Waals surface area (Å²) in [5.74, 6) is -0.314. The molecule has 1 aromatic rings. The maximum atomic E-state index is 8.88. The van der Waals surface area contributed by atoms with Crippen LogP contribution in [0, 0.1) is 22.7 Å². The summed E-state index contributed by atoms with van der Waals surface area (Å²) in [7, 11) is 3.93. The molecule has 0 spiro atoms. The van der Waals surface area contributed by atoms with E-state index in [1.165, 1.54) is 0 Å². The molecular weight excluding hydrogens is 186 g/mol. The third-order valence-electron chi connectivity index (χ3n) is 2.26. The lowest BCUT2D eigenvalue weighted by Gasteiger charge is -2.13. The molecule has 0 radical (unpaired) electrons. The molecule has 0 bridgehead atoms. The van der Waals surface area contributed by atoms with Crippen LogP contribution in [-0.4, -0.2) is 14.1 Å². The molecule has 76 valence electrons. The molecule has 15 heavy (non-hydrogen) atoms. The zero-order valence-electron chi connectivity index (χ0n) is 8.94. The molecule has 0 amide bonds. The van der Waals surface area contributed by atoms with E-state index in [2.05, 4.69) is 6.07 Å². The van der Waals surface area contributed by atoms with Gasteiger partial charge in [-0.3, -0.25) is 0 Å². The smallest absolute Gasteiger partial charge is 0.0842 e. The maximum Gasteiger partial charge on any atom is 0.0842 e. The van der Waals surface area contributed by atoms with Crippen LogP contribution in [0.5, 0.6) is 0 Å². The normalized spacial score (nSPS) is 11.2. The SMILES string of the molecule is CN(C)c1ccc(C(C#N)CC#N)cc1. The first kappa shape index (κ1) is 11.1. The molecule has 0 aliphatic rings. The number of anilines is 1. The average Bonchev–Trinajstić information content (AvgIpc) is 2.26. The lowest BCUT2D eigenvalue weighted by atomic mass is 9.98. The van der Waals surface area contributed by atoms with Crippen LogP contribution in [0.25, 0.3) is 0 Å². The predicted molar refractivity (Wildman–Crippen MR) is 59.4 cm³/mol. The van der Waals surface area contributed by atoms with Crippen LogP contribution >= 0.6 is 0 Å². The molecule has 0 saturated heterocycles. The molecule has 3 heteroatoms. The van der Waals surface area contributed by atoms with Gasteiger partial charge in [0.2, 0.25) is 0 Å². The van der Waals surface area contributed by atoms with Crippen molar-refractivity contribution in [3.63, 3.8) is 0 Å².